The summed E-state index contributed by atoms with van der Waals surface area (Å²) >= 11 is 5.60. The van der Waals surface area contributed by atoms with Gasteiger partial charge in [-0.2, -0.15) is 4.72 Å². The van der Waals surface area contributed by atoms with Gasteiger partial charge in [0.1, 0.15) is 0 Å². The maximum absolute atomic E-state index is 12.0. The molecule has 0 aliphatic carbocycles. The van der Waals surface area contributed by atoms with Gasteiger partial charge in [-0.15, -0.1) is 6.58 Å². The number of halogens is 1. The van der Waals surface area contributed by atoms with E-state index in [1.54, 1.807) is 25.1 Å². The summed E-state index contributed by atoms with van der Waals surface area (Å²) in [5, 5.41) is 0. The largest absolute Gasteiger partial charge is 0.281 e. The smallest absolute Gasteiger partial charge is 0.264 e. The van der Waals surface area contributed by atoms with Crippen molar-refractivity contribution in [1.29, 1.82) is 0 Å². The molecule has 0 bridgehead atoms. The molecule has 1 atom stereocenters. The van der Waals surface area contributed by atoms with Crippen molar-refractivity contribution in [3.8, 4) is 0 Å². The maximum Gasteiger partial charge on any atom is 0.264 e. The van der Waals surface area contributed by atoms with Crippen LogP contribution in [0.15, 0.2) is 30.9 Å². The fourth-order valence-corrected chi connectivity index (χ4v) is 4.13. The molecule has 0 radical (unpaired) electrons. The minimum Gasteiger partial charge on any atom is -0.281 e. The molecular formula is C12H17ClN2O4S2. The van der Waals surface area contributed by atoms with E-state index in [0.29, 0.717) is 17.7 Å². The number of rotatable bonds is 7. The number of alkyl halides is 1. The van der Waals surface area contributed by atoms with Crippen molar-refractivity contribution < 1.29 is 16.8 Å². The third-order valence-corrected chi connectivity index (χ3v) is 5.44. The summed E-state index contributed by atoms with van der Waals surface area (Å²) in [4.78, 5) is -1.80. The van der Waals surface area contributed by atoms with Crippen molar-refractivity contribution in [2.24, 2.45) is 0 Å². The zero-order valence-electron chi connectivity index (χ0n) is 11.6. The average Bonchev–Trinajstić information content (AvgIpc) is 2.31. The number of hydrogen-bond acceptors (Lipinski definition) is 4. The Morgan fingerprint density at radius 2 is 1.95 bits per heavy atom. The molecule has 0 amide bonds. The van der Waals surface area contributed by atoms with Gasteiger partial charge in [-0.25, -0.2) is 16.8 Å². The highest BCUT2D eigenvalue weighted by Crippen LogP contribution is 2.20. The summed E-state index contributed by atoms with van der Waals surface area (Å²) in [6, 6.07) is 5.25. The number of allylic oxidation sites excluding steroid dienone is 1. The van der Waals surface area contributed by atoms with E-state index in [1.165, 1.54) is 0 Å². The van der Waals surface area contributed by atoms with Gasteiger partial charge in [0.2, 0.25) is 14.9 Å². The fraction of sp³-hybridized carbons (Fsp3) is 0.333. The number of aryl methyl sites for hydroxylation is 1. The van der Waals surface area contributed by atoms with E-state index in [4.69, 9.17) is 11.6 Å². The predicted molar refractivity (Wildman–Crippen MR) is 85.2 cm³/mol. The van der Waals surface area contributed by atoms with Crippen LogP contribution in [0.2, 0.25) is 0 Å². The highest BCUT2D eigenvalue weighted by molar-refractivity contribution is 7.96. The highest BCUT2D eigenvalue weighted by atomic mass is 35.5. The van der Waals surface area contributed by atoms with Crippen molar-refractivity contribution in [3.05, 3.63) is 42.0 Å². The molecule has 118 valence electrons. The fourth-order valence-electron chi connectivity index (χ4n) is 1.51. The number of hydrogen-bond donors (Lipinski definition) is 2. The predicted octanol–water partition coefficient (Wildman–Crippen LogP) is 1.54. The van der Waals surface area contributed by atoms with Gasteiger partial charge in [0.25, 0.3) is 10.0 Å². The standard InChI is InChI=1S/C12H17ClN2O4S2/c1-4-5-10-7-6-9(2)11(8-10)14-21(18,19)12(13)15-20(3,16)17/h4,6-8,12,14-15H,1,5H2,2-3H3. The molecule has 0 aliphatic rings. The second kappa shape index (κ2) is 6.78. The van der Waals surface area contributed by atoms with E-state index >= 15 is 0 Å². The van der Waals surface area contributed by atoms with Crippen molar-refractivity contribution in [1.82, 2.24) is 4.72 Å². The van der Waals surface area contributed by atoms with Crippen LogP contribution in [-0.4, -0.2) is 27.9 Å². The van der Waals surface area contributed by atoms with E-state index < -0.39 is 24.9 Å². The Balaban J connectivity index is 3.03. The molecule has 9 heteroatoms. The lowest BCUT2D eigenvalue weighted by Gasteiger charge is -2.15. The second-order valence-electron chi connectivity index (χ2n) is 4.50. The van der Waals surface area contributed by atoms with E-state index in [2.05, 4.69) is 11.3 Å². The van der Waals surface area contributed by atoms with Crippen LogP contribution in [0.5, 0.6) is 0 Å². The van der Waals surface area contributed by atoms with Crippen LogP contribution in [0.1, 0.15) is 11.1 Å². The Morgan fingerprint density at radius 3 is 2.48 bits per heavy atom. The van der Waals surface area contributed by atoms with Crippen LogP contribution < -0.4 is 9.44 Å². The van der Waals surface area contributed by atoms with E-state index in [9.17, 15) is 16.8 Å². The highest BCUT2D eigenvalue weighted by Gasteiger charge is 2.26. The summed E-state index contributed by atoms with van der Waals surface area (Å²) < 4.78 is 50.2. The van der Waals surface area contributed by atoms with Gasteiger partial charge in [-0.05, 0) is 30.5 Å². The Morgan fingerprint density at radius 1 is 1.33 bits per heavy atom. The lowest BCUT2D eigenvalue weighted by molar-refractivity contribution is 0.577. The number of sulfonamides is 2. The molecule has 21 heavy (non-hydrogen) atoms. The first kappa shape index (κ1) is 18.0. The van der Waals surface area contributed by atoms with Crippen LogP contribution in [0, 0.1) is 6.92 Å². The first-order valence-electron chi connectivity index (χ1n) is 5.88. The first-order chi connectivity index (χ1) is 9.55. The van der Waals surface area contributed by atoms with Crippen LogP contribution >= 0.6 is 11.6 Å². The third-order valence-electron chi connectivity index (χ3n) is 2.51. The molecule has 1 aromatic carbocycles. The zero-order chi connectivity index (χ0) is 16.3. The second-order valence-corrected chi connectivity index (χ2v) is 8.74. The normalized spacial score (nSPS) is 13.7. The molecule has 1 rings (SSSR count). The first-order valence-corrected chi connectivity index (χ1v) is 9.76. The molecule has 0 spiro atoms. The number of anilines is 1. The number of nitrogens with one attached hydrogen (secondary N) is 2. The Kier molecular flexibility index (Phi) is 5.80. The Hall–Kier alpha value is -1.09. The van der Waals surface area contributed by atoms with Gasteiger partial charge < -0.3 is 0 Å². The molecule has 1 aromatic rings. The summed E-state index contributed by atoms with van der Waals surface area (Å²) in [7, 11) is -7.84. The number of benzene rings is 1. The van der Waals surface area contributed by atoms with Gasteiger partial charge in [-0.1, -0.05) is 29.8 Å². The van der Waals surface area contributed by atoms with Crippen molar-refractivity contribution in [2.45, 2.75) is 18.2 Å². The lowest BCUT2D eigenvalue weighted by Crippen LogP contribution is -2.39. The van der Waals surface area contributed by atoms with Crippen LogP contribution in [0.4, 0.5) is 5.69 Å². The van der Waals surface area contributed by atoms with Gasteiger partial charge in [0.05, 0.1) is 11.9 Å². The van der Waals surface area contributed by atoms with E-state index in [-0.39, 0.29) is 0 Å². The third kappa shape index (κ3) is 5.66. The van der Waals surface area contributed by atoms with Gasteiger partial charge in [0, 0.05) is 0 Å². The minimum absolute atomic E-state index is 0.343. The Labute approximate surface area is 130 Å². The SMILES string of the molecule is C=CCc1ccc(C)c(NS(=O)(=O)C(Cl)NS(C)(=O)=O)c1. The molecule has 2 N–H and O–H groups in total. The summed E-state index contributed by atoms with van der Waals surface area (Å²) in [6.45, 7) is 5.34. The van der Waals surface area contributed by atoms with E-state index in [1.807, 2.05) is 10.8 Å². The topological polar surface area (TPSA) is 92.3 Å². The van der Waals surface area contributed by atoms with Gasteiger partial charge in [0.15, 0.2) is 0 Å². The molecule has 6 nitrogen and oxygen atoms in total. The van der Waals surface area contributed by atoms with Gasteiger partial charge in [-0.3, -0.25) is 4.72 Å². The van der Waals surface area contributed by atoms with Crippen LogP contribution in [0.3, 0.4) is 0 Å². The average molecular weight is 353 g/mol. The molecule has 0 heterocycles. The lowest BCUT2D eigenvalue weighted by atomic mass is 10.1. The summed E-state index contributed by atoms with van der Waals surface area (Å²) in [6.07, 6.45) is 3.10. The minimum atomic E-state index is -4.10. The zero-order valence-corrected chi connectivity index (χ0v) is 14.0. The monoisotopic (exact) mass is 352 g/mol. The molecule has 0 aliphatic heterocycles. The molecular weight excluding hydrogens is 336 g/mol. The van der Waals surface area contributed by atoms with Gasteiger partial charge >= 0.3 is 0 Å². The molecule has 0 aromatic heterocycles. The Bertz CT molecular complexity index is 730. The van der Waals surface area contributed by atoms with Crippen LogP contribution in [-0.2, 0) is 26.5 Å². The van der Waals surface area contributed by atoms with Crippen molar-refractivity contribution >= 4 is 37.3 Å². The summed E-state index contributed by atoms with van der Waals surface area (Å²) in [5.74, 6) is 0. The van der Waals surface area contributed by atoms with Crippen LogP contribution in [0.25, 0.3) is 0 Å². The quantitative estimate of drug-likeness (QED) is 0.442. The molecule has 0 saturated carbocycles. The van der Waals surface area contributed by atoms with Crippen molar-refractivity contribution in [2.75, 3.05) is 11.0 Å². The molecule has 0 fully saturated rings. The van der Waals surface area contributed by atoms with E-state index in [0.717, 1.165) is 11.8 Å². The summed E-state index contributed by atoms with van der Waals surface area (Å²) in [5.41, 5.74) is 1.90. The molecule has 1 unspecified atom stereocenters. The molecule has 0 saturated heterocycles. The van der Waals surface area contributed by atoms with Crippen molar-refractivity contribution in [3.63, 3.8) is 0 Å². The maximum atomic E-state index is 12.0.